The Balaban J connectivity index is 2.14. The van der Waals surface area contributed by atoms with Crippen LogP contribution in [-0.4, -0.2) is 21.9 Å². The van der Waals surface area contributed by atoms with Gasteiger partial charge in [-0.1, -0.05) is 36.4 Å². The Labute approximate surface area is 147 Å². The van der Waals surface area contributed by atoms with Crippen LogP contribution in [0, 0.1) is 0 Å². The minimum Gasteiger partial charge on any atom is -0.545 e. The summed E-state index contributed by atoms with van der Waals surface area (Å²) in [4.78, 5) is 32.2. The van der Waals surface area contributed by atoms with E-state index in [1.807, 2.05) is 0 Å². The van der Waals surface area contributed by atoms with Gasteiger partial charge in [0.2, 0.25) is 0 Å². The zero-order chi connectivity index (χ0) is 18.3. The summed E-state index contributed by atoms with van der Waals surface area (Å²) in [5.41, 5.74) is 0.936. The molecular formula is C20H10N2O4-2. The number of aromatic carboxylic acids is 2. The van der Waals surface area contributed by atoms with E-state index < -0.39 is 11.9 Å². The maximum atomic E-state index is 11.8. The summed E-state index contributed by atoms with van der Waals surface area (Å²) < 4.78 is 0. The minimum absolute atomic E-state index is 0.126. The second kappa shape index (κ2) is 5.93. The third kappa shape index (κ3) is 2.36. The Hall–Kier alpha value is -3.80. The van der Waals surface area contributed by atoms with Gasteiger partial charge in [0, 0.05) is 45.4 Å². The number of rotatable bonds is 3. The quantitative estimate of drug-likeness (QED) is 0.553. The van der Waals surface area contributed by atoms with Crippen LogP contribution in [0.3, 0.4) is 0 Å². The SMILES string of the molecule is O=C([O-])c1c(-c2cnc3ccccc3c2C(=O)[O-])cnc2ccccc12. The zero-order valence-electron chi connectivity index (χ0n) is 13.3. The molecule has 126 valence electrons. The lowest BCUT2D eigenvalue weighted by Gasteiger charge is -2.18. The van der Waals surface area contributed by atoms with Gasteiger partial charge in [-0.05, 0) is 12.1 Å². The number of carboxylic acids is 2. The summed E-state index contributed by atoms with van der Waals surface area (Å²) >= 11 is 0. The van der Waals surface area contributed by atoms with Crippen LogP contribution in [0.15, 0.2) is 60.9 Å². The Kier molecular flexibility index (Phi) is 3.58. The molecule has 2 aromatic carbocycles. The molecule has 26 heavy (non-hydrogen) atoms. The van der Waals surface area contributed by atoms with Crippen molar-refractivity contribution in [1.29, 1.82) is 0 Å². The van der Waals surface area contributed by atoms with Crippen molar-refractivity contribution in [2.24, 2.45) is 0 Å². The molecule has 0 radical (unpaired) electrons. The fraction of sp³-hybridized carbons (Fsp3) is 0. The molecule has 4 aromatic rings. The summed E-state index contributed by atoms with van der Waals surface area (Å²) in [6.07, 6.45) is 2.65. The molecule has 0 spiro atoms. The van der Waals surface area contributed by atoms with Crippen molar-refractivity contribution < 1.29 is 19.8 Å². The number of hydrogen-bond donors (Lipinski definition) is 0. The normalized spacial score (nSPS) is 10.9. The number of carbonyl (C=O) groups excluding carboxylic acids is 2. The number of aromatic nitrogens is 2. The van der Waals surface area contributed by atoms with Crippen molar-refractivity contribution in [2.75, 3.05) is 0 Å². The first kappa shape index (κ1) is 15.7. The number of para-hydroxylation sites is 2. The molecule has 0 unspecified atom stereocenters. The monoisotopic (exact) mass is 342 g/mol. The molecule has 4 rings (SSSR count). The molecule has 2 aromatic heterocycles. The van der Waals surface area contributed by atoms with E-state index in [4.69, 9.17) is 0 Å². The summed E-state index contributed by atoms with van der Waals surface area (Å²) in [6.45, 7) is 0. The van der Waals surface area contributed by atoms with Crippen molar-refractivity contribution in [3.63, 3.8) is 0 Å². The van der Waals surface area contributed by atoms with Gasteiger partial charge < -0.3 is 19.8 Å². The fourth-order valence-electron chi connectivity index (χ4n) is 3.13. The van der Waals surface area contributed by atoms with Crippen LogP contribution in [0.25, 0.3) is 32.9 Å². The lowest BCUT2D eigenvalue weighted by Crippen LogP contribution is -2.26. The molecular weight excluding hydrogens is 332 g/mol. The lowest BCUT2D eigenvalue weighted by molar-refractivity contribution is -0.256. The highest BCUT2D eigenvalue weighted by molar-refractivity contribution is 6.12. The summed E-state index contributed by atoms with van der Waals surface area (Å²) in [6, 6.07) is 13.4. The van der Waals surface area contributed by atoms with Gasteiger partial charge in [0.25, 0.3) is 0 Å². The predicted octanol–water partition coefficient (Wildman–Crippen LogP) is 1.18. The zero-order valence-corrected chi connectivity index (χ0v) is 13.3. The molecule has 6 nitrogen and oxygen atoms in total. The second-order valence-electron chi connectivity index (χ2n) is 5.70. The topological polar surface area (TPSA) is 106 Å². The number of benzene rings is 2. The van der Waals surface area contributed by atoms with Gasteiger partial charge in [-0.2, -0.15) is 0 Å². The van der Waals surface area contributed by atoms with Gasteiger partial charge in [0.15, 0.2) is 0 Å². The van der Waals surface area contributed by atoms with E-state index in [0.29, 0.717) is 21.8 Å². The molecule has 0 aliphatic rings. The Morgan fingerprint density at radius 2 is 1.04 bits per heavy atom. The van der Waals surface area contributed by atoms with Crippen LogP contribution in [0.2, 0.25) is 0 Å². The standard InChI is InChI=1S/C20H12N2O4/c23-19(24)17-11-5-1-3-7-15(11)21-9-13(17)14-10-22-16-8-4-2-6-12(16)18(14)20(25)26/h1-10H,(H,23,24)(H,25,26)/p-2. The van der Waals surface area contributed by atoms with Crippen LogP contribution in [0.1, 0.15) is 20.7 Å². The van der Waals surface area contributed by atoms with Crippen LogP contribution in [0.5, 0.6) is 0 Å². The number of pyridine rings is 2. The minimum atomic E-state index is -1.42. The average molecular weight is 342 g/mol. The number of hydrogen-bond acceptors (Lipinski definition) is 6. The molecule has 0 saturated heterocycles. The van der Waals surface area contributed by atoms with Crippen molar-refractivity contribution in [3.8, 4) is 11.1 Å². The molecule has 6 heteroatoms. The third-order valence-electron chi connectivity index (χ3n) is 4.25. The summed E-state index contributed by atoms with van der Waals surface area (Å²) in [7, 11) is 0. The highest BCUT2D eigenvalue weighted by Crippen LogP contribution is 2.33. The molecule has 0 atom stereocenters. The van der Waals surface area contributed by atoms with Gasteiger partial charge in [0.05, 0.1) is 23.0 Å². The maximum absolute atomic E-state index is 11.8. The fourth-order valence-corrected chi connectivity index (χ4v) is 3.13. The third-order valence-corrected chi connectivity index (χ3v) is 4.25. The Morgan fingerprint density at radius 1 is 0.654 bits per heavy atom. The first-order chi connectivity index (χ1) is 12.6. The number of fused-ring (bicyclic) bond motifs is 2. The molecule has 0 saturated carbocycles. The van der Waals surface area contributed by atoms with Crippen LogP contribution < -0.4 is 10.2 Å². The van der Waals surface area contributed by atoms with Crippen molar-refractivity contribution in [3.05, 3.63) is 72.1 Å². The van der Waals surface area contributed by atoms with Gasteiger partial charge in [-0.15, -0.1) is 0 Å². The first-order valence-electron chi connectivity index (χ1n) is 7.76. The van der Waals surface area contributed by atoms with Gasteiger partial charge >= 0.3 is 0 Å². The van der Waals surface area contributed by atoms with Crippen molar-refractivity contribution in [2.45, 2.75) is 0 Å². The van der Waals surface area contributed by atoms with E-state index in [1.54, 1.807) is 48.5 Å². The smallest absolute Gasteiger partial charge is 0.0728 e. The Morgan fingerprint density at radius 3 is 1.42 bits per heavy atom. The molecule has 0 bridgehead atoms. The van der Waals surface area contributed by atoms with E-state index in [9.17, 15) is 19.8 Å². The Bertz CT molecular complexity index is 1110. The molecule has 0 aliphatic carbocycles. The average Bonchev–Trinajstić information content (AvgIpc) is 2.65. The number of carbonyl (C=O) groups is 2. The van der Waals surface area contributed by atoms with E-state index in [-0.39, 0.29) is 22.3 Å². The van der Waals surface area contributed by atoms with E-state index in [2.05, 4.69) is 9.97 Å². The summed E-state index contributed by atoms with van der Waals surface area (Å²) in [5.74, 6) is -2.84. The van der Waals surface area contributed by atoms with E-state index >= 15 is 0 Å². The predicted molar refractivity (Wildman–Crippen MR) is 91.1 cm³/mol. The lowest BCUT2D eigenvalue weighted by atomic mass is 9.93. The van der Waals surface area contributed by atoms with Crippen LogP contribution >= 0.6 is 0 Å². The van der Waals surface area contributed by atoms with E-state index in [1.165, 1.54) is 12.4 Å². The molecule has 0 N–H and O–H groups in total. The highest BCUT2D eigenvalue weighted by atomic mass is 16.4. The first-order valence-corrected chi connectivity index (χ1v) is 7.76. The molecule has 0 fully saturated rings. The highest BCUT2D eigenvalue weighted by Gasteiger charge is 2.17. The van der Waals surface area contributed by atoms with Gasteiger partial charge in [-0.3, -0.25) is 9.97 Å². The number of nitrogens with zero attached hydrogens (tertiary/aromatic N) is 2. The van der Waals surface area contributed by atoms with Crippen LogP contribution in [0.4, 0.5) is 0 Å². The number of carboxylic acid groups (broad SMARTS) is 2. The van der Waals surface area contributed by atoms with Gasteiger partial charge in [0.1, 0.15) is 0 Å². The van der Waals surface area contributed by atoms with E-state index in [0.717, 1.165) is 0 Å². The largest absolute Gasteiger partial charge is 0.545 e. The second-order valence-corrected chi connectivity index (χ2v) is 5.70. The maximum Gasteiger partial charge on any atom is 0.0728 e. The molecule has 2 heterocycles. The molecule has 0 amide bonds. The molecule has 0 aliphatic heterocycles. The summed E-state index contributed by atoms with van der Waals surface area (Å²) in [5, 5.41) is 24.4. The van der Waals surface area contributed by atoms with Crippen molar-refractivity contribution in [1.82, 2.24) is 9.97 Å². The van der Waals surface area contributed by atoms with Crippen LogP contribution in [-0.2, 0) is 0 Å². The van der Waals surface area contributed by atoms with Crippen molar-refractivity contribution >= 4 is 33.7 Å². The van der Waals surface area contributed by atoms with Gasteiger partial charge in [-0.25, -0.2) is 0 Å².